The van der Waals surface area contributed by atoms with Gasteiger partial charge in [0, 0.05) is 25.2 Å². The molecule has 0 spiro atoms. The van der Waals surface area contributed by atoms with E-state index in [0.29, 0.717) is 25.4 Å². The number of halogens is 1. The van der Waals surface area contributed by atoms with Crippen molar-refractivity contribution in [1.82, 2.24) is 14.9 Å². The van der Waals surface area contributed by atoms with E-state index < -0.39 is 21.7 Å². The quantitative estimate of drug-likeness (QED) is 0.777. The Hall–Kier alpha value is -1.35. The van der Waals surface area contributed by atoms with Gasteiger partial charge in [0.15, 0.2) is 0 Å². The Labute approximate surface area is 142 Å². The molecule has 0 aromatic heterocycles. The first-order valence-corrected chi connectivity index (χ1v) is 8.68. The number of sulfonamides is 1. The van der Waals surface area contributed by atoms with E-state index >= 15 is 0 Å². The van der Waals surface area contributed by atoms with Gasteiger partial charge in [0.25, 0.3) is 0 Å². The van der Waals surface area contributed by atoms with Crippen LogP contribution in [0, 0.1) is 0 Å². The lowest BCUT2D eigenvalue weighted by Crippen LogP contribution is -2.50. The van der Waals surface area contributed by atoms with Gasteiger partial charge in [0.2, 0.25) is 15.9 Å². The largest absolute Gasteiger partial charge is 0.496 e. The van der Waals surface area contributed by atoms with Crippen molar-refractivity contribution in [3.63, 3.8) is 0 Å². The first-order chi connectivity index (χ1) is 10.5. The molecule has 130 valence electrons. The highest BCUT2D eigenvalue weighted by Gasteiger charge is 2.31. The third-order valence-electron chi connectivity index (χ3n) is 3.69. The molecule has 1 aliphatic rings. The zero-order valence-corrected chi connectivity index (χ0v) is 14.7. The molecule has 1 amide bonds. The summed E-state index contributed by atoms with van der Waals surface area (Å²) in [5, 5.41) is 3.23. The van der Waals surface area contributed by atoms with Crippen LogP contribution in [-0.4, -0.2) is 58.8 Å². The van der Waals surface area contributed by atoms with Crippen LogP contribution in [-0.2, 0) is 14.8 Å². The summed E-state index contributed by atoms with van der Waals surface area (Å²) < 4.78 is 30.8. The van der Waals surface area contributed by atoms with E-state index in [2.05, 4.69) is 10.0 Å². The monoisotopic (exact) mass is 363 g/mol. The zero-order valence-electron chi connectivity index (χ0n) is 13.1. The third-order valence-corrected chi connectivity index (χ3v) is 4.94. The summed E-state index contributed by atoms with van der Waals surface area (Å²) in [5.74, 6) is -0.271. The molecule has 1 atom stereocenters. The number of hydrogen-bond acceptors (Lipinski definition) is 5. The zero-order chi connectivity index (χ0) is 16.2. The lowest BCUT2D eigenvalue weighted by molar-refractivity contribution is -0.131. The molecule has 0 aliphatic carbocycles. The van der Waals surface area contributed by atoms with Crippen molar-refractivity contribution >= 4 is 28.3 Å². The van der Waals surface area contributed by atoms with Gasteiger partial charge in [-0.1, -0.05) is 18.2 Å². The van der Waals surface area contributed by atoms with Crippen molar-refractivity contribution in [1.29, 1.82) is 0 Å². The Morgan fingerprint density at radius 2 is 2.13 bits per heavy atom. The molecule has 23 heavy (non-hydrogen) atoms. The highest BCUT2D eigenvalue weighted by atomic mass is 35.5. The number of rotatable bonds is 5. The van der Waals surface area contributed by atoms with Crippen LogP contribution in [0.5, 0.6) is 5.75 Å². The third kappa shape index (κ3) is 4.81. The van der Waals surface area contributed by atoms with Crippen LogP contribution in [0.25, 0.3) is 0 Å². The minimum Gasteiger partial charge on any atom is -0.496 e. The summed E-state index contributed by atoms with van der Waals surface area (Å²) in [5.41, 5.74) is 0.868. The van der Waals surface area contributed by atoms with E-state index in [9.17, 15) is 13.2 Å². The molecule has 1 fully saturated rings. The number of carbonyl (C=O) groups excluding carboxylic acids is 1. The second-order valence-electron chi connectivity index (χ2n) is 5.01. The molecule has 1 heterocycles. The van der Waals surface area contributed by atoms with Crippen LogP contribution in [0.2, 0.25) is 0 Å². The van der Waals surface area contributed by atoms with Crippen molar-refractivity contribution in [2.75, 3.05) is 39.5 Å². The summed E-state index contributed by atoms with van der Waals surface area (Å²) in [4.78, 5) is 14.0. The molecule has 0 radical (unpaired) electrons. The number of amides is 1. The molecule has 7 nitrogen and oxygen atoms in total. The van der Waals surface area contributed by atoms with Gasteiger partial charge in [0.05, 0.1) is 13.2 Å². The molecular formula is C14H22ClN3O4S. The first-order valence-electron chi connectivity index (χ1n) is 7.03. The minimum atomic E-state index is -3.58. The summed E-state index contributed by atoms with van der Waals surface area (Å²) in [7, 11) is -0.702. The van der Waals surface area contributed by atoms with E-state index in [0.717, 1.165) is 5.56 Å². The number of nitrogens with one attached hydrogen (secondary N) is 2. The van der Waals surface area contributed by atoms with Gasteiger partial charge in [0.1, 0.15) is 11.5 Å². The van der Waals surface area contributed by atoms with Gasteiger partial charge < -0.3 is 15.0 Å². The molecule has 1 saturated heterocycles. The average molecular weight is 364 g/mol. The second-order valence-corrected chi connectivity index (χ2v) is 6.94. The van der Waals surface area contributed by atoms with Crippen molar-refractivity contribution in [3.05, 3.63) is 29.8 Å². The van der Waals surface area contributed by atoms with Crippen molar-refractivity contribution in [2.24, 2.45) is 0 Å². The van der Waals surface area contributed by atoms with Crippen molar-refractivity contribution in [3.8, 4) is 5.75 Å². The van der Waals surface area contributed by atoms with Crippen LogP contribution in [0.15, 0.2) is 24.3 Å². The fraction of sp³-hybridized carbons (Fsp3) is 0.500. The van der Waals surface area contributed by atoms with Gasteiger partial charge in [-0.25, -0.2) is 13.1 Å². The number of para-hydroxylation sites is 1. The molecule has 9 heteroatoms. The maximum Gasteiger partial charge on any atom is 0.239 e. The Morgan fingerprint density at radius 1 is 1.43 bits per heavy atom. The number of benzene rings is 1. The van der Waals surface area contributed by atoms with Crippen LogP contribution in [0.1, 0.15) is 11.6 Å². The number of ether oxygens (including phenoxy) is 1. The fourth-order valence-corrected chi connectivity index (χ4v) is 3.18. The van der Waals surface area contributed by atoms with Crippen LogP contribution >= 0.6 is 12.4 Å². The van der Waals surface area contributed by atoms with Crippen LogP contribution < -0.4 is 14.8 Å². The molecular weight excluding hydrogens is 342 g/mol. The Kier molecular flexibility index (Phi) is 7.27. The summed E-state index contributed by atoms with van der Waals surface area (Å²) in [6.45, 7) is 1.66. The van der Waals surface area contributed by atoms with E-state index in [1.165, 1.54) is 7.05 Å². The van der Waals surface area contributed by atoms with Gasteiger partial charge in [-0.2, -0.15) is 0 Å². The first kappa shape index (κ1) is 19.7. The van der Waals surface area contributed by atoms with Gasteiger partial charge in [-0.15, -0.1) is 12.4 Å². The van der Waals surface area contributed by atoms with Gasteiger partial charge >= 0.3 is 0 Å². The molecule has 0 bridgehead atoms. The number of piperazine rings is 1. The molecule has 1 aliphatic heterocycles. The predicted octanol–water partition coefficient (Wildman–Crippen LogP) is 0.139. The second kappa shape index (κ2) is 8.49. The highest BCUT2D eigenvalue weighted by Crippen LogP contribution is 2.30. The molecule has 2 N–H and O–H groups in total. The molecule has 0 saturated carbocycles. The molecule has 1 aromatic rings. The van der Waals surface area contributed by atoms with Gasteiger partial charge in [-0.3, -0.25) is 4.79 Å². The van der Waals surface area contributed by atoms with E-state index in [1.54, 1.807) is 12.0 Å². The smallest absolute Gasteiger partial charge is 0.239 e. The lowest BCUT2D eigenvalue weighted by atomic mass is 10.0. The molecule has 1 aromatic carbocycles. The predicted molar refractivity (Wildman–Crippen MR) is 90.4 cm³/mol. The van der Waals surface area contributed by atoms with Crippen LogP contribution in [0.3, 0.4) is 0 Å². The standard InChI is InChI=1S/C14H21N3O4S.ClH/c1-15-22(19,20)10-14(18)17-8-7-16-9-12(17)11-5-3-4-6-13(11)21-2;/h3-6,12,15-16H,7-10H2,1-2H3;1H. The Morgan fingerprint density at radius 3 is 2.78 bits per heavy atom. The van der Waals surface area contributed by atoms with E-state index in [1.807, 2.05) is 24.3 Å². The maximum absolute atomic E-state index is 12.4. The van der Waals surface area contributed by atoms with E-state index in [4.69, 9.17) is 4.74 Å². The number of hydrogen-bond donors (Lipinski definition) is 2. The summed E-state index contributed by atoms with van der Waals surface area (Å²) in [6.07, 6.45) is 0. The topological polar surface area (TPSA) is 87.7 Å². The van der Waals surface area contributed by atoms with E-state index in [-0.39, 0.29) is 18.4 Å². The summed E-state index contributed by atoms with van der Waals surface area (Å²) in [6, 6.07) is 7.21. The molecule has 2 rings (SSSR count). The number of carbonyl (C=O) groups is 1. The lowest BCUT2D eigenvalue weighted by Gasteiger charge is -2.37. The van der Waals surface area contributed by atoms with Crippen molar-refractivity contribution in [2.45, 2.75) is 6.04 Å². The Bertz CT molecular complexity index is 639. The normalized spacial score (nSPS) is 18.2. The minimum absolute atomic E-state index is 0. The summed E-state index contributed by atoms with van der Waals surface area (Å²) >= 11 is 0. The average Bonchev–Trinajstić information content (AvgIpc) is 2.54. The number of nitrogens with zero attached hydrogens (tertiary/aromatic N) is 1. The van der Waals surface area contributed by atoms with Crippen molar-refractivity contribution < 1.29 is 17.9 Å². The Balaban J connectivity index is 0.00000264. The highest BCUT2D eigenvalue weighted by molar-refractivity contribution is 7.90. The number of methoxy groups -OCH3 is 1. The van der Waals surface area contributed by atoms with Crippen LogP contribution in [0.4, 0.5) is 0 Å². The molecule has 1 unspecified atom stereocenters. The maximum atomic E-state index is 12.4. The SMILES string of the molecule is CNS(=O)(=O)CC(=O)N1CCNCC1c1ccccc1OC.Cl. The van der Waals surface area contributed by atoms with Gasteiger partial charge in [-0.05, 0) is 13.1 Å². The fourth-order valence-electron chi connectivity index (χ4n) is 2.54.